The van der Waals surface area contributed by atoms with Gasteiger partial charge in [0.05, 0.1) is 6.26 Å². The van der Waals surface area contributed by atoms with Crippen LogP contribution in [0.1, 0.15) is 0 Å². The first-order valence-electron chi connectivity index (χ1n) is 2.52. The van der Waals surface area contributed by atoms with Crippen molar-refractivity contribution in [1.29, 1.82) is 0 Å². The Bertz CT molecular complexity index is 219. The standard InChI is InChI=1S/C4H11NO3S2/c1-9(2)4(6)5-10(3,7)8/h9H,1-3H3,(H,5,6). The van der Waals surface area contributed by atoms with Crippen molar-refractivity contribution in [1.82, 2.24) is 4.72 Å². The molecule has 62 valence electrons. The van der Waals surface area contributed by atoms with Gasteiger partial charge in [0.1, 0.15) is 0 Å². The maximum Gasteiger partial charge on any atom is 0.272 e. The van der Waals surface area contributed by atoms with Gasteiger partial charge in [0.2, 0.25) is 10.0 Å². The molecular weight excluding hydrogens is 174 g/mol. The van der Waals surface area contributed by atoms with Crippen molar-refractivity contribution in [2.75, 3.05) is 18.8 Å². The molecule has 0 aliphatic rings. The fourth-order valence-electron chi connectivity index (χ4n) is 0.250. The molecule has 4 nitrogen and oxygen atoms in total. The maximum atomic E-state index is 10.7. The van der Waals surface area contributed by atoms with Crippen LogP contribution in [0.4, 0.5) is 4.79 Å². The highest BCUT2D eigenvalue weighted by Crippen LogP contribution is 2.13. The van der Waals surface area contributed by atoms with Gasteiger partial charge < -0.3 is 0 Å². The zero-order valence-electron chi connectivity index (χ0n) is 6.08. The highest BCUT2D eigenvalue weighted by Gasteiger charge is 2.08. The highest BCUT2D eigenvalue weighted by atomic mass is 32.2. The first-order valence-corrected chi connectivity index (χ1v) is 6.65. The third-order valence-electron chi connectivity index (χ3n) is 0.679. The van der Waals surface area contributed by atoms with Crippen LogP contribution in [0.25, 0.3) is 0 Å². The summed E-state index contributed by atoms with van der Waals surface area (Å²) in [6.07, 6.45) is 4.34. The second kappa shape index (κ2) is 3.25. The van der Waals surface area contributed by atoms with Crippen LogP contribution in [0.5, 0.6) is 0 Å². The van der Waals surface area contributed by atoms with Crippen molar-refractivity contribution < 1.29 is 13.2 Å². The van der Waals surface area contributed by atoms with Gasteiger partial charge >= 0.3 is 0 Å². The summed E-state index contributed by atoms with van der Waals surface area (Å²) in [6.45, 7) is 0. The molecule has 0 aromatic rings. The van der Waals surface area contributed by atoms with Crippen LogP contribution in [0.2, 0.25) is 0 Å². The summed E-state index contributed by atoms with van der Waals surface area (Å²) in [7, 11) is -4.21. The Balaban J connectivity index is 4.07. The lowest BCUT2D eigenvalue weighted by atomic mass is 11.4. The monoisotopic (exact) mass is 185 g/mol. The van der Waals surface area contributed by atoms with E-state index in [-0.39, 0.29) is 0 Å². The molecule has 1 N–H and O–H groups in total. The average molecular weight is 185 g/mol. The van der Waals surface area contributed by atoms with Crippen LogP contribution in [0.3, 0.4) is 0 Å². The fourth-order valence-corrected chi connectivity index (χ4v) is 1.79. The van der Waals surface area contributed by atoms with E-state index in [0.717, 1.165) is 6.26 Å². The first kappa shape index (κ1) is 9.77. The summed E-state index contributed by atoms with van der Waals surface area (Å²) in [6, 6.07) is 0. The summed E-state index contributed by atoms with van der Waals surface area (Å²) in [4.78, 5) is 10.7. The summed E-state index contributed by atoms with van der Waals surface area (Å²) in [5, 5.41) is -0.405. The quantitative estimate of drug-likeness (QED) is 0.561. The Kier molecular flexibility index (Phi) is 3.17. The molecule has 0 aliphatic carbocycles. The second-order valence-electron chi connectivity index (χ2n) is 2.07. The summed E-state index contributed by atoms with van der Waals surface area (Å²) in [5.74, 6) is 0. The van der Waals surface area contributed by atoms with Gasteiger partial charge in [0, 0.05) is 0 Å². The van der Waals surface area contributed by atoms with Crippen molar-refractivity contribution in [3.05, 3.63) is 0 Å². The molecule has 0 atom stereocenters. The first-order chi connectivity index (χ1) is 4.33. The van der Waals surface area contributed by atoms with Gasteiger partial charge in [0.25, 0.3) is 5.24 Å². The molecule has 1 amide bonds. The number of carbonyl (C=O) groups excluding carboxylic acids is 1. The Morgan fingerprint density at radius 2 is 1.80 bits per heavy atom. The minimum absolute atomic E-state index is 0.405. The number of thiol groups is 1. The second-order valence-corrected chi connectivity index (χ2v) is 6.02. The lowest BCUT2D eigenvalue weighted by Crippen LogP contribution is -2.27. The van der Waals surface area contributed by atoms with Crippen LogP contribution in [0, 0.1) is 0 Å². The minimum Gasteiger partial charge on any atom is -0.263 e. The zero-order valence-corrected chi connectivity index (χ0v) is 7.79. The molecule has 0 bridgehead atoms. The molecule has 0 saturated heterocycles. The number of sulfonamides is 1. The molecule has 0 spiro atoms. The lowest BCUT2D eigenvalue weighted by molar-refractivity contribution is 0.264. The molecule has 0 aromatic carbocycles. The largest absolute Gasteiger partial charge is 0.272 e. The highest BCUT2D eigenvalue weighted by molar-refractivity contribution is 8.29. The van der Waals surface area contributed by atoms with Crippen molar-refractivity contribution >= 4 is 26.2 Å². The predicted octanol–water partition coefficient (Wildman–Crippen LogP) is -0.0836. The SMILES string of the molecule is C[SH](C)C(=O)NS(C)(=O)=O. The van der Waals surface area contributed by atoms with E-state index in [0.29, 0.717) is 0 Å². The minimum atomic E-state index is -3.35. The third-order valence-corrected chi connectivity index (χ3v) is 2.31. The average Bonchev–Trinajstić information content (AvgIpc) is 1.60. The van der Waals surface area contributed by atoms with Gasteiger partial charge in [-0.1, -0.05) is 0 Å². The van der Waals surface area contributed by atoms with Gasteiger partial charge in [-0.2, -0.15) is 10.9 Å². The molecule has 0 rings (SSSR count). The van der Waals surface area contributed by atoms with E-state index in [9.17, 15) is 13.2 Å². The Hall–Kier alpha value is -0.230. The number of hydrogen-bond donors (Lipinski definition) is 2. The Morgan fingerprint density at radius 3 is 1.90 bits per heavy atom. The van der Waals surface area contributed by atoms with Crippen molar-refractivity contribution in [3.63, 3.8) is 0 Å². The van der Waals surface area contributed by atoms with Gasteiger partial charge in [0.15, 0.2) is 0 Å². The molecule has 0 radical (unpaired) electrons. The Labute approximate surface area is 63.4 Å². The van der Waals surface area contributed by atoms with E-state index >= 15 is 0 Å². The number of hydrogen-bond acceptors (Lipinski definition) is 3. The van der Waals surface area contributed by atoms with E-state index in [4.69, 9.17) is 0 Å². The number of rotatable bonds is 1. The smallest absolute Gasteiger partial charge is 0.263 e. The van der Waals surface area contributed by atoms with Crippen molar-refractivity contribution in [2.24, 2.45) is 0 Å². The zero-order chi connectivity index (χ0) is 8.36. The van der Waals surface area contributed by atoms with Crippen LogP contribution in [0.15, 0.2) is 0 Å². The molecule has 0 unspecified atom stereocenters. The number of nitrogens with one attached hydrogen (secondary N) is 1. The summed E-state index contributed by atoms with van der Waals surface area (Å²) >= 11 is 0. The molecule has 0 heterocycles. The van der Waals surface area contributed by atoms with E-state index in [1.165, 1.54) is 0 Å². The summed E-state index contributed by atoms with van der Waals surface area (Å²) < 4.78 is 22.7. The molecule has 10 heavy (non-hydrogen) atoms. The third kappa shape index (κ3) is 4.63. The number of carbonyl (C=O) groups is 1. The topological polar surface area (TPSA) is 63.2 Å². The van der Waals surface area contributed by atoms with Crippen LogP contribution >= 0.6 is 10.9 Å². The molecule has 0 aromatic heterocycles. The Morgan fingerprint density at radius 1 is 1.40 bits per heavy atom. The molecule has 6 heteroatoms. The van der Waals surface area contributed by atoms with Crippen molar-refractivity contribution in [3.8, 4) is 0 Å². The van der Waals surface area contributed by atoms with Crippen molar-refractivity contribution in [2.45, 2.75) is 0 Å². The lowest BCUT2D eigenvalue weighted by Gasteiger charge is -2.07. The van der Waals surface area contributed by atoms with Gasteiger partial charge in [-0.05, 0) is 12.5 Å². The van der Waals surface area contributed by atoms with Crippen LogP contribution in [-0.4, -0.2) is 32.4 Å². The fraction of sp³-hybridized carbons (Fsp3) is 0.750. The number of amides is 1. The molecule has 0 fully saturated rings. The van der Waals surface area contributed by atoms with E-state index in [2.05, 4.69) is 0 Å². The van der Waals surface area contributed by atoms with Gasteiger partial charge in [-0.25, -0.2) is 13.1 Å². The van der Waals surface area contributed by atoms with E-state index in [1.54, 1.807) is 12.5 Å². The normalized spacial score (nSPS) is 12.5. The van der Waals surface area contributed by atoms with Gasteiger partial charge in [-0.3, -0.25) is 4.79 Å². The summed E-state index contributed by atoms with van der Waals surface area (Å²) in [5.41, 5.74) is 0. The predicted molar refractivity (Wildman–Crippen MR) is 44.2 cm³/mol. The van der Waals surface area contributed by atoms with Crippen LogP contribution in [-0.2, 0) is 10.0 Å². The molecular formula is C4H11NO3S2. The van der Waals surface area contributed by atoms with Crippen LogP contribution < -0.4 is 4.72 Å². The molecule has 0 aliphatic heterocycles. The van der Waals surface area contributed by atoms with E-state index < -0.39 is 26.2 Å². The molecule has 0 saturated carbocycles. The maximum absolute atomic E-state index is 10.7. The van der Waals surface area contributed by atoms with Gasteiger partial charge in [-0.15, -0.1) is 0 Å². The van der Waals surface area contributed by atoms with E-state index in [1.807, 2.05) is 4.72 Å².